The van der Waals surface area contributed by atoms with Gasteiger partial charge in [0.05, 0.1) is 11.4 Å². The van der Waals surface area contributed by atoms with Crippen LogP contribution >= 0.6 is 0 Å². The van der Waals surface area contributed by atoms with Crippen molar-refractivity contribution in [1.82, 2.24) is 24.9 Å². The van der Waals surface area contributed by atoms with Crippen LogP contribution in [0.5, 0.6) is 11.5 Å². The zero-order chi connectivity index (χ0) is 22.1. The molecule has 3 N–H and O–H groups in total. The molecule has 1 aliphatic heterocycles. The predicted octanol–water partition coefficient (Wildman–Crippen LogP) is 2.95. The summed E-state index contributed by atoms with van der Waals surface area (Å²) in [5.41, 5.74) is 7.54. The van der Waals surface area contributed by atoms with Crippen molar-refractivity contribution in [2.24, 2.45) is 0 Å². The summed E-state index contributed by atoms with van der Waals surface area (Å²) in [5, 5.41) is 11.7. The fourth-order valence-corrected chi connectivity index (χ4v) is 4.16. The second-order valence-corrected chi connectivity index (χ2v) is 7.79. The Balaban J connectivity index is 1.56. The number of nitrogen functional groups attached to an aromatic ring is 1. The van der Waals surface area contributed by atoms with Crippen LogP contribution in [0.1, 0.15) is 18.9 Å². The SMILES string of the molecule is Nc1n[nH]c(=O)c2c1c(-c1ccc(Oc3ccccc3)cc1)nn2C1CCCN(C=O)C1. The number of H-pyrrole nitrogens is 1. The largest absolute Gasteiger partial charge is 0.457 e. The number of carbonyl (C=O) groups is 1. The van der Waals surface area contributed by atoms with E-state index in [1.165, 1.54) is 0 Å². The smallest absolute Gasteiger partial charge is 0.290 e. The quantitative estimate of drug-likeness (QED) is 0.470. The molecule has 32 heavy (non-hydrogen) atoms. The van der Waals surface area contributed by atoms with Crippen LogP contribution in [0.2, 0.25) is 0 Å². The maximum Gasteiger partial charge on any atom is 0.290 e. The van der Waals surface area contributed by atoms with Crippen molar-refractivity contribution in [2.75, 3.05) is 18.8 Å². The number of anilines is 1. The van der Waals surface area contributed by atoms with Crippen molar-refractivity contribution in [1.29, 1.82) is 0 Å². The van der Waals surface area contributed by atoms with E-state index in [0.717, 1.165) is 30.6 Å². The van der Waals surface area contributed by atoms with E-state index in [2.05, 4.69) is 10.2 Å². The number of hydrogen-bond donors (Lipinski definition) is 2. The van der Waals surface area contributed by atoms with Crippen LogP contribution in [0.3, 0.4) is 0 Å². The molecule has 1 aliphatic rings. The summed E-state index contributed by atoms with van der Waals surface area (Å²) in [6, 6.07) is 16.8. The van der Waals surface area contributed by atoms with E-state index in [9.17, 15) is 9.59 Å². The number of amides is 1. The van der Waals surface area contributed by atoms with Gasteiger partial charge >= 0.3 is 0 Å². The zero-order valence-electron chi connectivity index (χ0n) is 17.3. The third kappa shape index (κ3) is 3.58. The molecule has 9 nitrogen and oxygen atoms in total. The van der Waals surface area contributed by atoms with Gasteiger partial charge in [-0.05, 0) is 49.2 Å². The molecule has 0 spiro atoms. The molecule has 162 valence electrons. The van der Waals surface area contributed by atoms with Crippen molar-refractivity contribution in [3.8, 4) is 22.8 Å². The highest BCUT2D eigenvalue weighted by atomic mass is 16.5. The van der Waals surface area contributed by atoms with E-state index < -0.39 is 0 Å². The second-order valence-electron chi connectivity index (χ2n) is 7.79. The number of likely N-dealkylation sites (tertiary alicyclic amines) is 1. The Morgan fingerprint density at radius 2 is 1.84 bits per heavy atom. The molecule has 3 heterocycles. The lowest BCUT2D eigenvalue weighted by Gasteiger charge is -2.30. The van der Waals surface area contributed by atoms with Crippen LogP contribution in [0.25, 0.3) is 22.2 Å². The molecule has 5 rings (SSSR count). The molecule has 0 radical (unpaired) electrons. The third-order valence-corrected chi connectivity index (χ3v) is 5.69. The molecule has 2 aromatic carbocycles. The first-order chi connectivity index (χ1) is 15.6. The van der Waals surface area contributed by atoms with Crippen molar-refractivity contribution < 1.29 is 9.53 Å². The lowest BCUT2D eigenvalue weighted by Crippen LogP contribution is -2.36. The minimum Gasteiger partial charge on any atom is -0.457 e. The molecule has 1 amide bonds. The van der Waals surface area contributed by atoms with Crippen LogP contribution in [0, 0.1) is 0 Å². The third-order valence-electron chi connectivity index (χ3n) is 5.69. The number of carbonyl (C=O) groups excluding carboxylic acids is 1. The lowest BCUT2D eigenvalue weighted by molar-refractivity contribution is -0.119. The summed E-state index contributed by atoms with van der Waals surface area (Å²) >= 11 is 0. The van der Waals surface area contributed by atoms with Gasteiger partial charge in [-0.25, -0.2) is 5.10 Å². The number of ether oxygens (including phenoxy) is 1. The Morgan fingerprint density at radius 3 is 2.59 bits per heavy atom. The molecule has 0 saturated carbocycles. The van der Waals surface area contributed by atoms with Gasteiger partial charge in [0.25, 0.3) is 5.56 Å². The van der Waals surface area contributed by atoms with Gasteiger partial charge in [0.1, 0.15) is 22.7 Å². The highest BCUT2D eigenvalue weighted by Gasteiger charge is 2.27. The number of nitrogens with two attached hydrogens (primary N) is 1. The molecular weight excluding hydrogens is 408 g/mol. The maximum absolute atomic E-state index is 12.7. The zero-order valence-corrected chi connectivity index (χ0v) is 17.3. The fourth-order valence-electron chi connectivity index (χ4n) is 4.16. The molecule has 1 fully saturated rings. The van der Waals surface area contributed by atoms with Crippen LogP contribution in [-0.2, 0) is 4.79 Å². The number of hydrogen-bond acceptors (Lipinski definition) is 6. The average Bonchev–Trinajstić information content (AvgIpc) is 3.25. The highest BCUT2D eigenvalue weighted by molar-refractivity contribution is 5.99. The number of benzene rings is 2. The first-order valence-corrected chi connectivity index (χ1v) is 10.4. The summed E-state index contributed by atoms with van der Waals surface area (Å²) in [7, 11) is 0. The minimum atomic E-state index is -0.361. The summed E-state index contributed by atoms with van der Waals surface area (Å²) < 4.78 is 7.57. The molecule has 0 aliphatic carbocycles. The molecule has 9 heteroatoms. The summed E-state index contributed by atoms with van der Waals surface area (Å²) in [6.45, 7) is 1.19. The monoisotopic (exact) mass is 430 g/mol. The summed E-state index contributed by atoms with van der Waals surface area (Å²) in [4.78, 5) is 25.7. The Bertz CT molecular complexity index is 1310. The molecule has 1 atom stereocenters. The van der Waals surface area contributed by atoms with Gasteiger partial charge in [0.2, 0.25) is 6.41 Å². The van der Waals surface area contributed by atoms with Gasteiger partial charge in [-0.2, -0.15) is 10.2 Å². The first-order valence-electron chi connectivity index (χ1n) is 10.4. The van der Waals surface area contributed by atoms with Gasteiger partial charge < -0.3 is 15.4 Å². The standard InChI is InChI=1S/C23H22N6O3/c24-22-19-20(15-8-10-18(11-9-15)32-17-6-2-1-3-7-17)27-29(21(19)23(31)26-25-22)16-5-4-12-28(13-16)14-30/h1-3,6-11,14,16H,4-5,12-13H2,(H2,24,25)(H,26,31). The van der Waals surface area contributed by atoms with Crippen molar-refractivity contribution >= 4 is 23.1 Å². The van der Waals surface area contributed by atoms with E-state index in [-0.39, 0.29) is 17.4 Å². The van der Waals surface area contributed by atoms with E-state index in [4.69, 9.17) is 15.6 Å². The number of nitrogens with zero attached hydrogens (tertiary/aromatic N) is 4. The number of fused-ring (bicyclic) bond motifs is 1. The van der Waals surface area contributed by atoms with Crippen molar-refractivity contribution in [3.63, 3.8) is 0 Å². The summed E-state index contributed by atoms with van der Waals surface area (Å²) in [6.07, 6.45) is 2.49. The number of aromatic amines is 1. The Kier molecular flexibility index (Phi) is 5.06. The van der Waals surface area contributed by atoms with Crippen molar-refractivity contribution in [3.05, 3.63) is 65.0 Å². The average molecular weight is 430 g/mol. The van der Waals surface area contributed by atoms with Crippen LogP contribution in [0.4, 0.5) is 5.82 Å². The summed E-state index contributed by atoms with van der Waals surface area (Å²) in [5.74, 6) is 1.63. The molecule has 1 saturated heterocycles. The van der Waals surface area contributed by atoms with E-state index in [1.807, 2.05) is 54.6 Å². The fraction of sp³-hybridized carbons (Fsp3) is 0.217. The molecule has 1 unspecified atom stereocenters. The van der Waals surface area contributed by atoms with Crippen molar-refractivity contribution in [2.45, 2.75) is 18.9 Å². The van der Waals surface area contributed by atoms with E-state index >= 15 is 0 Å². The van der Waals surface area contributed by atoms with Gasteiger partial charge in [-0.1, -0.05) is 18.2 Å². The molecule has 2 aromatic heterocycles. The molecule has 4 aromatic rings. The predicted molar refractivity (Wildman–Crippen MR) is 120 cm³/mol. The number of para-hydroxylation sites is 1. The Morgan fingerprint density at radius 1 is 1.09 bits per heavy atom. The topological polar surface area (TPSA) is 119 Å². The number of rotatable bonds is 5. The van der Waals surface area contributed by atoms with Gasteiger partial charge in [-0.3, -0.25) is 14.3 Å². The van der Waals surface area contributed by atoms with Crippen LogP contribution in [-0.4, -0.2) is 44.4 Å². The van der Waals surface area contributed by atoms with Gasteiger partial charge in [0.15, 0.2) is 5.82 Å². The minimum absolute atomic E-state index is 0.117. The first kappa shape index (κ1) is 19.8. The van der Waals surface area contributed by atoms with Gasteiger partial charge in [-0.15, -0.1) is 0 Å². The Hall–Kier alpha value is -4.14. The lowest BCUT2D eigenvalue weighted by atomic mass is 10.1. The normalized spacial score (nSPS) is 16.2. The Labute approximate surface area is 183 Å². The number of aromatic nitrogens is 4. The number of nitrogens with one attached hydrogen (secondary N) is 1. The van der Waals surface area contributed by atoms with E-state index in [0.29, 0.717) is 35.4 Å². The molecular formula is C23H22N6O3. The second kappa shape index (κ2) is 8.18. The van der Waals surface area contributed by atoms with E-state index in [1.54, 1.807) is 9.58 Å². The maximum atomic E-state index is 12.7. The van der Waals surface area contributed by atoms with Crippen LogP contribution < -0.4 is 16.0 Å². The van der Waals surface area contributed by atoms with Crippen LogP contribution in [0.15, 0.2) is 59.4 Å². The number of piperidine rings is 1. The molecule has 0 bridgehead atoms. The van der Waals surface area contributed by atoms with Gasteiger partial charge in [0, 0.05) is 18.7 Å². The highest BCUT2D eigenvalue weighted by Crippen LogP contribution is 2.34.